The molecule has 0 radical (unpaired) electrons. The number of nitrogens with one attached hydrogen (secondary N) is 1. The number of aryl methyl sites for hydroxylation is 1. The van der Waals surface area contributed by atoms with E-state index in [1.54, 1.807) is 37.4 Å². The van der Waals surface area contributed by atoms with E-state index in [1.165, 1.54) is 14.2 Å². The maximum Gasteiger partial charge on any atom is 0.307 e. The van der Waals surface area contributed by atoms with Crippen LogP contribution in [0.15, 0.2) is 42.5 Å². The van der Waals surface area contributed by atoms with E-state index in [0.717, 1.165) is 17.5 Å². The number of hydrogen-bond donors (Lipinski definition) is 1. The van der Waals surface area contributed by atoms with Gasteiger partial charge < -0.3 is 19.5 Å². The second-order valence-electron chi connectivity index (χ2n) is 5.97. The molecule has 0 spiro atoms. The van der Waals surface area contributed by atoms with Crippen LogP contribution in [0.3, 0.4) is 0 Å². The highest BCUT2D eigenvalue weighted by Gasteiger charge is 2.21. The molecule has 0 saturated carbocycles. The third-order valence-corrected chi connectivity index (χ3v) is 4.34. The number of ether oxygens (including phenoxy) is 3. The molecule has 6 nitrogen and oxygen atoms in total. The van der Waals surface area contributed by atoms with Crippen molar-refractivity contribution >= 4 is 11.9 Å². The zero-order chi connectivity index (χ0) is 19.8. The average molecular weight is 371 g/mol. The molecule has 1 atom stereocenters. The fourth-order valence-electron chi connectivity index (χ4n) is 2.71. The summed E-state index contributed by atoms with van der Waals surface area (Å²) >= 11 is 0. The number of carbonyl (C=O) groups excluding carboxylic acids is 2. The quantitative estimate of drug-likeness (QED) is 0.721. The minimum Gasteiger partial charge on any atom is -0.493 e. The summed E-state index contributed by atoms with van der Waals surface area (Å²) < 4.78 is 15.3. The van der Waals surface area contributed by atoms with Crippen LogP contribution in [-0.2, 0) is 16.0 Å². The average Bonchev–Trinajstić information content (AvgIpc) is 2.72. The molecule has 0 aliphatic rings. The maximum absolute atomic E-state index is 12.7. The molecule has 144 valence electrons. The lowest BCUT2D eigenvalue weighted by Crippen LogP contribution is -2.30. The van der Waals surface area contributed by atoms with Gasteiger partial charge in [-0.15, -0.1) is 0 Å². The third kappa shape index (κ3) is 5.23. The molecule has 2 aromatic rings. The van der Waals surface area contributed by atoms with E-state index >= 15 is 0 Å². The number of benzene rings is 2. The van der Waals surface area contributed by atoms with Crippen LogP contribution in [0.1, 0.15) is 40.9 Å². The van der Waals surface area contributed by atoms with Gasteiger partial charge in [0.15, 0.2) is 11.5 Å². The van der Waals surface area contributed by atoms with Crippen LogP contribution in [-0.4, -0.2) is 33.2 Å². The summed E-state index contributed by atoms with van der Waals surface area (Å²) in [5, 5.41) is 2.90. The zero-order valence-corrected chi connectivity index (χ0v) is 16.1. The Morgan fingerprint density at radius 1 is 0.963 bits per heavy atom. The highest BCUT2D eigenvalue weighted by molar-refractivity contribution is 5.94. The highest BCUT2D eigenvalue weighted by Crippen LogP contribution is 2.31. The van der Waals surface area contributed by atoms with Crippen LogP contribution >= 0.6 is 0 Å². The fraction of sp³-hybridized carbons (Fsp3) is 0.333. The van der Waals surface area contributed by atoms with Crippen molar-refractivity contribution in [2.24, 2.45) is 0 Å². The molecular weight excluding hydrogens is 346 g/mol. The molecule has 1 unspecified atom stereocenters. The summed E-state index contributed by atoms with van der Waals surface area (Å²) in [6.45, 7) is 2.05. The van der Waals surface area contributed by atoms with Gasteiger partial charge in [0.25, 0.3) is 5.91 Å². The number of methoxy groups -OCH3 is 3. The van der Waals surface area contributed by atoms with Gasteiger partial charge in [0.1, 0.15) is 0 Å². The molecule has 2 aromatic carbocycles. The van der Waals surface area contributed by atoms with Crippen LogP contribution in [0.2, 0.25) is 0 Å². The van der Waals surface area contributed by atoms with Gasteiger partial charge in [0.2, 0.25) is 0 Å². The van der Waals surface area contributed by atoms with Crippen LogP contribution in [0.4, 0.5) is 0 Å². The molecule has 6 heteroatoms. The largest absolute Gasteiger partial charge is 0.493 e. The molecular formula is C21H25NO5. The van der Waals surface area contributed by atoms with Crippen molar-refractivity contribution in [2.75, 3.05) is 21.3 Å². The second-order valence-corrected chi connectivity index (χ2v) is 5.97. The van der Waals surface area contributed by atoms with Gasteiger partial charge in [-0.05, 0) is 41.8 Å². The molecule has 1 N–H and O–H groups in total. The first-order valence-corrected chi connectivity index (χ1v) is 8.70. The van der Waals surface area contributed by atoms with Crippen molar-refractivity contribution in [2.45, 2.75) is 25.8 Å². The lowest BCUT2D eigenvalue weighted by atomic mass is 10.0. The Kier molecular flexibility index (Phi) is 7.23. The molecule has 0 aliphatic heterocycles. The Balaban J connectivity index is 2.28. The van der Waals surface area contributed by atoms with E-state index in [4.69, 9.17) is 14.2 Å². The number of rotatable bonds is 8. The fourth-order valence-corrected chi connectivity index (χ4v) is 2.71. The Labute approximate surface area is 159 Å². The van der Waals surface area contributed by atoms with Gasteiger partial charge >= 0.3 is 5.97 Å². The summed E-state index contributed by atoms with van der Waals surface area (Å²) in [6, 6.07) is 12.1. The minimum absolute atomic E-state index is 0.00473. The summed E-state index contributed by atoms with van der Waals surface area (Å²) in [7, 11) is 4.40. The second kappa shape index (κ2) is 9.62. The van der Waals surface area contributed by atoms with E-state index in [9.17, 15) is 9.59 Å². The van der Waals surface area contributed by atoms with E-state index < -0.39 is 12.0 Å². The van der Waals surface area contributed by atoms with Crippen LogP contribution in [0.25, 0.3) is 0 Å². The minimum atomic E-state index is -0.560. The van der Waals surface area contributed by atoms with Gasteiger partial charge in [-0.2, -0.15) is 0 Å². The van der Waals surface area contributed by atoms with Crippen LogP contribution < -0.4 is 14.8 Å². The van der Waals surface area contributed by atoms with Gasteiger partial charge in [0, 0.05) is 5.56 Å². The Hall–Kier alpha value is -3.02. The van der Waals surface area contributed by atoms with Crippen LogP contribution in [0.5, 0.6) is 11.5 Å². The number of hydrogen-bond acceptors (Lipinski definition) is 5. The first-order valence-electron chi connectivity index (χ1n) is 8.70. The molecule has 1 amide bonds. The number of amides is 1. The molecule has 27 heavy (non-hydrogen) atoms. The van der Waals surface area contributed by atoms with E-state index in [1.807, 2.05) is 12.1 Å². The monoisotopic (exact) mass is 371 g/mol. The van der Waals surface area contributed by atoms with Gasteiger partial charge in [-0.1, -0.05) is 25.1 Å². The predicted molar refractivity (Wildman–Crippen MR) is 102 cm³/mol. The molecule has 0 bridgehead atoms. The summed E-state index contributed by atoms with van der Waals surface area (Å²) in [5.41, 5.74) is 2.40. The Bertz CT molecular complexity index is 786. The van der Waals surface area contributed by atoms with E-state index in [-0.39, 0.29) is 12.3 Å². The molecule has 2 rings (SSSR count). The Morgan fingerprint density at radius 3 is 2.19 bits per heavy atom. The first kappa shape index (κ1) is 20.3. The van der Waals surface area contributed by atoms with Crippen molar-refractivity contribution in [3.8, 4) is 11.5 Å². The topological polar surface area (TPSA) is 73.9 Å². The molecule has 0 heterocycles. The van der Waals surface area contributed by atoms with Gasteiger partial charge in [-0.3, -0.25) is 9.59 Å². The molecule has 0 aliphatic carbocycles. The third-order valence-electron chi connectivity index (χ3n) is 4.34. The zero-order valence-electron chi connectivity index (χ0n) is 16.1. The van der Waals surface area contributed by atoms with Gasteiger partial charge in [-0.25, -0.2) is 0 Å². The number of esters is 1. The predicted octanol–water partition coefficient (Wildman–Crippen LogP) is 3.30. The van der Waals surface area contributed by atoms with Crippen molar-refractivity contribution in [3.05, 3.63) is 59.2 Å². The SMILES string of the molecule is CCc1ccc(C(=O)NC(CC(=O)OC)c2ccc(OC)c(OC)c2)cc1. The van der Waals surface area contributed by atoms with Crippen molar-refractivity contribution in [1.29, 1.82) is 0 Å². The van der Waals surface area contributed by atoms with E-state index in [2.05, 4.69) is 12.2 Å². The first-order chi connectivity index (χ1) is 13.0. The standard InChI is InChI=1S/C21H25NO5/c1-5-14-6-8-15(9-7-14)21(24)22-17(13-20(23)27-4)16-10-11-18(25-2)19(12-16)26-3/h6-12,17H,5,13H2,1-4H3,(H,22,24). The van der Waals surface area contributed by atoms with Crippen molar-refractivity contribution < 1.29 is 23.8 Å². The summed E-state index contributed by atoms with van der Waals surface area (Å²) in [6.07, 6.45) is 0.906. The molecule has 0 saturated heterocycles. The van der Waals surface area contributed by atoms with E-state index in [0.29, 0.717) is 17.1 Å². The van der Waals surface area contributed by atoms with Crippen LogP contribution in [0, 0.1) is 0 Å². The Morgan fingerprint density at radius 2 is 1.63 bits per heavy atom. The molecule has 0 aromatic heterocycles. The maximum atomic E-state index is 12.7. The normalized spacial score (nSPS) is 11.4. The summed E-state index contributed by atoms with van der Waals surface area (Å²) in [5.74, 6) is 0.406. The number of carbonyl (C=O) groups is 2. The lowest BCUT2D eigenvalue weighted by Gasteiger charge is -2.20. The van der Waals surface area contributed by atoms with Gasteiger partial charge in [0.05, 0.1) is 33.8 Å². The highest BCUT2D eigenvalue weighted by atomic mass is 16.5. The van der Waals surface area contributed by atoms with Crippen molar-refractivity contribution in [3.63, 3.8) is 0 Å². The lowest BCUT2D eigenvalue weighted by molar-refractivity contribution is -0.141. The smallest absolute Gasteiger partial charge is 0.307 e. The summed E-state index contributed by atoms with van der Waals surface area (Å²) in [4.78, 5) is 24.5. The van der Waals surface area contributed by atoms with Crippen molar-refractivity contribution in [1.82, 2.24) is 5.32 Å². The molecule has 0 fully saturated rings.